The topological polar surface area (TPSA) is 41.3 Å². The number of hydrogen-bond donors (Lipinski definition) is 2. The molecule has 0 spiro atoms. The molecule has 82 valence electrons. The Hall–Kier alpha value is -0.120. The van der Waals surface area contributed by atoms with Crippen LogP contribution in [0.15, 0.2) is 0 Å². The summed E-state index contributed by atoms with van der Waals surface area (Å²) in [5.41, 5.74) is 5.91. The fraction of sp³-hybridized carbons (Fsp3) is 1.00. The Morgan fingerprint density at radius 2 is 2.07 bits per heavy atom. The standard InChI is InChI=1S/C11H23N3/c12-8-11(10-4-5-13-9-10)14-6-2-1-3-7-14/h10-11,13H,1-9,12H2. The summed E-state index contributed by atoms with van der Waals surface area (Å²) in [6.07, 6.45) is 5.47. The molecule has 2 rings (SSSR count). The lowest BCUT2D eigenvalue weighted by molar-refractivity contribution is 0.127. The molecule has 2 fully saturated rings. The molecule has 2 aliphatic heterocycles. The Labute approximate surface area is 87.0 Å². The van der Waals surface area contributed by atoms with Gasteiger partial charge in [0.15, 0.2) is 0 Å². The van der Waals surface area contributed by atoms with Crippen molar-refractivity contribution >= 4 is 0 Å². The van der Waals surface area contributed by atoms with Gasteiger partial charge in [-0.2, -0.15) is 0 Å². The first kappa shape index (κ1) is 10.4. The molecule has 0 aromatic heterocycles. The number of nitrogens with two attached hydrogens (primary N) is 1. The second-order valence-corrected chi connectivity index (χ2v) is 4.65. The Balaban J connectivity index is 1.89. The van der Waals surface area contributed by atoms with Gasteiger partial charge in [0.2, 0.25) is 0 Å². The van der Waals surface area contributed by atoms with Gasteiger partial charge in [-0.15, -0.1) is 0 Å². The Kier molecular flexibility index (Phi) is 3.79. The molecule has 3 heteroatoms. The van der Waals surface area contributed by atoms with Crippen molar-refractivity contribution in [3.63, 3.8) is 0 Å². The monoisotopic (exact) mass is 197 g/mol. The second-order valence-electron chi connectivity index (χ2n) is 4.65. The molecule has 0 amide bonds. The maximum Gasteiger partial charge on any atom is 0.0259 e. The van der Waals surface area contributed by atoms with Crippen LogP contribution in [0.4, 0.5) is 0 Å². The van der Waals surface area contributed by atoms with Crippen molar-refractivity contribution in [1.29, 1.82) is 0 Å². The molecule has 0 aliphatic carbocycles. The van der Waals surface area contributed by atoms with Crippen LogP contribution in [-0.2, 0) is 0 Å². The van der Waals surface area contributed by atoms with E-state index in [0.29, 0.717) is 6.04 Å². The molecule has 0 aromatic carbocycles. The van der Waals surface area contributed by atoms with Crippen LogP contribution in [0.3, 0.4) is 0 Å². The molecule has 0 radical (unpaired) electrons. The fourth-order valence-electron chi connectivity index (χ4n) is 2.90. The van der Waals surface area contributed by atoms with E-state index in [1.807, 2.05) is 0 Å². The van der Waals surface area contributed by atoms with Crippen molar-refractivity contribution in [2.45, 2.75) is 31.7 Å². The summed E-state index contributed by atoms with van der Waals surface area (Å²) < 4.78 is 0. The van der Waals surface area contributed by atoms with Crippen LogP contribution in [0.5, 0.6) is 0 Å². The number of nitrogens with one attached hydrogen (secondary N) is 1. The van der Waals surface area contributed by atoms with Gasteiger partial charge in [-0.05, 0) is 51.4 Å². The number of nitrogens with zero attached hydrogens (tertiary/aromatic N) is 1. The maximum absolute atomic E-state index is 5.91. The normalized spacial score (nSPS) is 31.9. The molecule has 3 nitrogen and oxygen atoms in total. The molecule has 0 bridgehead atoms. The zero-order chi connectivity index (χ0) is 9.80. The minimum Gasteiger partial charge on any atom is -0.329 e. The van der Waals surface area contributed by atoms with E-state index in [9.17, 15) is 0 Å². The van der Waals surface area contributed by atoms with Crippen LogP contribution in [0, 0.1) is 5.92 Å². The van der Waals surface area contributed by atoms with Crippen molar-refractivity contribution in [1.82, 2.24) is 10.2 Å². The quantitative estimate of drug-likeness (QED) is 0.688. The van der Waals surface area contributed by atoms with Gasteiger partial charge in [0.05, 0.1) is 0 Å². The van der Waals surface area contributed by atoms with E-state index < -0.39 is 0 Å². The van der Waals surface area contributed by atoms with Crippen molar-refractivity contribution in [3.05, 3.63) is 0 Å². The van der Waals surface area contributed by atoms with Gasteiger partial charge in [-0.25, -0.2) is 0 Å². The molecule has 3 N–H and O–H groups in total. The van der Waals surface area contributed by atoms with E-state index in [-0.39, 0.29) is 0 Å². The summed E-state index contributed by atoms with van der Waals surface area (Å²) in [5.74, 6) is 0.804. The lowest BCUT2D eigenvalue weighted by atomic mass is 9.95. The summed E-state index contributed by atoms with van der Waals surface area (Å²) in [4.78, 5) is 2.63. The van der Waals surface area contributed by atoms with Crippen LogP contribution in [0.1, 0.15) is 25.7 Å². The zero-order valence-electron chi connectivity index (χ0n) is 9.04. The smallest absolute Gasteiger partial charge is 0.0259 e. The number of piperidine rings is 1. The second kappa shape index (κ2) is 5.10. The number of rotatable bonds is 3. The summed E-state index contributed by atoms with van der Waals surface area (Å²) in [6.45, 7) is 5.76. The van der Waals surface area contributed by atoms with Crippen LogP contribution in [0.25, 0.3) is 0 Å². The van der Waals surface area contributed by atoms with Crippen molar-refractivity contribution in [2.24, 2.45) is 11.7 Å². The average molecular weight is 197 g/mol. The number of likely N-dealkylation sites (tertiary alicyclic amines) is 1. The molecule has 0 aromatic rings. The predicted molar refractivity (Wildman–Crippen MR) is 59.2 cm³/mol. The highest BCUT2D eigenvalue weighted by molar-refractivity contribution is 4.86. The van der Waals surface area contributed by atoms with Crippen molar-refractivity contribution in [3.8, 4) is 0 Å². The van der Waals surface area contributed by atoms with Crippen molar-refractivity contribution < 1.29 is 0 Å². The van der Waals surface area contributed by atoms with E-state index in [2.05, 4.69) is 10.2 Å². The van der Waals surface area contributed by atoms with Gasteiger partial charge in [0, 0.05) is 12.6 Å². The summed E-state index contributed by atoms with van der Waals surface area (Å²) in [7, 11) is 0. The van der Waals surface area contributed by atoms with Crippen molar-refractivity contribution in [2.75, 3.05) is 32.7 Å². The van der Waals surface area contributed by atoms with Gasteiger partial charge >= 0.3 is 0 Å². The molecule has 2 unspecified atom stereocenters. The molecular weight excluding hydrogens is 174 g/mol. The minimum atomic E-state index is 0.644. The molecule has 2 atom stereocenters. The first-order valence-corrected chi connectivity index (χ1v) is 6.06. The Bertz CT molecular complexity index is 160. The van der Waals surface area contributed by atoms with Gasteiger partial charge in [0.1, 0.15) is 0 Å². The summed E-state index contributed by atoms with van der Waals surface area (Å²) in [5, 5.41) is 3.44. The summed E-state index contributed by atoms with van der Waals surface area (Å²) in [6, 6.07) is 0.644. The highest BCUT2D eigenvalue weighted by Crippen LogP contribution is 2.21. The lowest BCUT2D eigenvalue weighted by Crippen LogP contribution is -2.48. The van der Waals surface area contributed by atoms with Gasteiger partial charge in [-0.3, -0.25) is 4.90 Å². The third kappa shape index (κ3) is 2.27. The minimum absolute atomic E-state index is 0.644. The van der Waals surface area contributed by atoms with Crippen LogP contribution in [-0.4, -0.2) is 43.7 Å². The Morgan fingerprint density at radius 3 is 2.64 bits per heavy atom. The fourth-order valence-corrected chi connectivity index (χ4v) is 2.90. The third-order valence-corrected chi connectivity index (χ3v) is 3.74. The molecule has 0 saturated carbocycles. The van der Waals surface area contributed by atoms with Gasteiger partial charge in [-0.1, -0.05) is 6.42 Å². The average Bonchev–Trinajstić information content (AvgIpc) is 2.74. The highest BCUT2D eigenvalue weighted by atomic mass is 15.2. The first-order valence-electron chi connectivity index (χ1n) is 6.06. The predicted octanol–water partition coefficient (Wildman–Crippen LogP) is 0.409. The van der Waals surface area contributed by atoms with E-state index in [0.717, 1.165) is 12.5 Å². The largest absolute Gasteiger partial charge is 0.329 e. The maximum atomic E-state index is 5.91. The molecular formula is C11H23N3. The van der Waals surface area contributed by atoms with E-state index in [1.54, 1.807) is 0 Å². The van der Waals surface area contributed by atoms with Gasteiger partial charge < -0.3 is 11.1 Å². The number of hydrogen-bond acceptors (Lipinski definition) is 3. The van der Waals surface area contributed by atoms with E-state index >= 15 is 0 Å². The molecule has 14 heavy (non-hydrogen) atoms. The van der Waals surface area contributed by atoms with Crippen LogP contribution >= 0.6 is 0 Å². The summed E-state index contributed by atoms with van der Waals surface area (Å²) >= 11 is 0. The molecule has 2 heterocycles. The SMILES string of the molecule is NCC(C1CCNC1)N1CCCCC1. The zero-order valence-corrected chi connectivity index (χ0v) is 9.04. The van der Waals surface area contributed by atoms with Gasteiger partial charge in [0.25, 0.3) is 0 Å². The first-order chi connectivity index (χ1) is 6.92. The van der Waals surface area contributed by atoms with Crippen LogP contribution < -0.4 is 11.1 Å². The van der Waals surface area contributed by atoms with E-state index in [4.69, 9.17) is 5.73 Å². The molecule has 2 saturated heterocycles. The highest BCUT2D eigenvalue weighted by Gasteiger charge is 2.29. The van der Waals surface area contributed by atoms with E-state index in [1.165, 1.54) is 51.9 Å². The Morgan fingerprint density at radius 1 is 1.29 bits per heavy atom. The van der Waals surface area contributed by atoms with Crippen LogP contribution in [0.2, 0.25) is 0 Å². The molecule has 2 aliphatic rings. The third-order valence-electron chi connectivity index (χ3n) is 3.74. The lowest BCUT2D eigenvalue weighted by Gasteiger charge is -2.37.